The molecule has 3 heteroatoms. The van der Waals surface area contributed by atoms with E-state index in [0.29, 0.717) is 12.1 Å². The first kappa shape index (κ1) is 11.5. The van der Waals surface area contributed by atoms with Gasteiger partial charge in [-0.2, -0.15) is 0 Å². The lowest BCUT2D eigenvalue weighted by molar-refractivity contribution is 0.0857. The minimum Gasteiger partial charge on any atom is -0.308 e. The van der Waals surface area contributed by atoms with Crippen molar-refractivity contribution < 1.29 is 0 Å². The van der Waals surface area contributed by atoms with Gasteiger partial charge in [0.15, 0.2) is 0 Å². The molecule has 0 aromatic heterocycles. The number of thiocarbonyl (C=S) groups is 1. The number of nitrogens with zero attached hydrogens (tertiary/aromatic N) is 1. The monoisotopic (exact) mass is 226 g/mol. The Kier molecular flexibility index (Phi) is 3.75. The molecule has 0 aromatic rings. The summed E-state index contributed by atoms with van der Waals surface area (Å²) in [7, 11) is 0. The van der Waals surface area contributed by atoms with Crippen LogP contribution in [0.5, 0.6) is 0 Å². The van der Waals surface area contributed by atoms with Gasteiger partial charge in [-0.05, 0) is 33.1 Å². The molecule has 86 valence electrons. The van der Waals surface area contributed by atoms with Gasteiger partial charge in [-0.1, -0.05) is 18.6 Å². The minimum absolute atomic E-state index is 0.612. The van der Waals surface area contributed by atoms with Gasteiger partial charge in [0.05, 0.1) is 0 Å². The summed E-state index contributed by atoms with van der Waals surface area (Å²) in [5, 5.41) is 3.51. The maximum Gasteiger partial charge on any atom is 0.0273 e. The maximum absolute atomic E-state index is 5.24. The predicted molar refractivity (Wildman–Crippen MR) is 68.5 cm³/mol. The molecule has 2 rings (SSSR count). The lowest BCUT2D eigenvalue weighted by Crippen LogP contribution is -2.49. The molecule has 1 heterocycles. The van der Waals surface area contributed by atoms with Crippen LogP contribution >= 0.6 is 12.2 Å². The van der Waals surface area contributed by atoms with Crippen LogP contribution < -0.4 is 5.32 Å². The molecular formula is C12H22N2S. The second-order valence-electron chi connectivity index (χ2n) is 5.20. The Morgan fingerprint density at radius 1 is 1.47 bits per heavy atom. The van der Waals surface area contributed by atoms with Gasteiger partial charge in [0, 0.05) is 36.1 Å². The number of hydrogen-bond acceptors (Lipinski definition) is 3. The molecule has 0 spiro atoms. The average Bonchev–Trinajstić information content (AvgIpc) is 2.47. The van der Waals surface area contributed by atoms with Crippen LogP contribution in [0.15, 0.2) is 0 Å². The lowest BCUT2D eigenvalue weighted by atomic mass is 9.90. The summed E-state index contributed by atoms with van der Waals surface area (Å²) in [6.07, 6.45) is 5.32. The summed E-state index contributed by atoms with van der Waals surface area (Å²) < 4.78 is 0. The molecule has 1 N–H and O–H groups in total. The van der Waals surface area contributed by atoms with Gasteiger partial charge in [0.1, 0.15) is 0 Å². The van der Waals surface area contributed by atoms with Gasteiger partial charge in [-0.25, -0.2) is 0 Å². The van der Waals surface area contributed by atoms with E-state index in [1.807, 2.05) is 0 Å². The molecule has 2 aliphatic rings. The van der Waals surface area contributed by atoms with E-state index in [-0.39, 0.29) is 0 Å². The van der Waals surface area contributed by atoms with Crippen LogP contribution in [0.4, 0.5) is 0 Å². The van der Waals surface area contributed by atoms with Crippen LogP contribution in [0.2, 0.25) is 0 Å². The Hall–Kier alpha value is 0.01000. The van der Waals surface area contributed by atoms with Crippen molar-refractivity contribution in [1.29, 1.82) is 0 Å². The molecule has 2 fully saturated rings. The van der Waals surface area contributed by atoms with Gasteiger partial charge in [-0.3, -0.25) is 4.90 Å². The first-order valence-electron chi connectivity index (χ1n) is 6.17. The SMILES string of the molecule is CC(C)N(CC1CC(=S)CN1)C1CCC1. The van der Waals surface area contributed by atoms with Gasteiger partial charge in [-0.15, -0.1) is 0 Å². The van der Waals surface area contributed by atoms with Gasteiger partial charge in [0.2, 0.25) is 0 Å². The van der Waals surface area contributed by atoms with E-state index in [2.05, 4.69) is 24.1 Å². The molecule has 15 heavy (non-hydrogen) atoms. The summed E-state index contributed by atoms with van der Waals surface area (Å²) in [6, 6.07) is 2.13. The zero-order chi connectivity index (χ0) is 10.8. The molecule has 0 radical (unpaired) electrons. The van der Waals surface area contributed by atoms with E-state index in [1.54, 1.807) is 0 Å². The van der Waals surface area contributed by atoms with E-state index < -0.39 is 0 Å². The van der Waals surface area contributed by atoms with Crippen molar-refractivity contribution in [2.24, 2.45) is 0 Å². The molecule has 1 atom stereocenters. The van der Waals surface area contributed by atoms with Crippen LogP contribution in [0.25, 0.3) is 0 Å². The Labute approximate surface area is 98.4 Å². The number of rotatable bonds is 4. The molecule has 0 amide bonds. The van der Waals surface area contributed by atoms with Gasteiger partial charge >= 0.3 is 0 Å². The van der Waals surface area contributed by atoms with Crippen molar-refractivity contribution in [2.75, 3.05) is 13.1 Å². The van der Waals surface area contributed by atoms with Gasteiger partial charge < -0.3 is 5.32 Å². The molecule has 1 saturated heterocycles. The molecule has 1 unspecified atom stereocenters. The van der Waals surface area contributed by atoms with Crippen molar-refractivity contribution in [3.05, 3.63) is 0 Å². The van der Waals surface area contributed by atoms with Crippen molar-refractivity contribution in [3.8, 4) is 0 Å². The van der Waals surface area contributed by atoms with Gasteiger partial charge in [0.25, 0.3) is 0 Å². The fourth-order valence-corrected chi connectivity index (χ4v) is 2.85. The van der Waals surface area contributed by atoms with Crippen LogP contribution in [0.3, 0.4) is 0 Å². The highest BCUT2D eigenvalue weighted by molar-refractivity contribution is 7.80. The summed E-state index contributed by atoms with van der Waals surface area (Å²) in [4.78, 5) is 3.87. The molecule has 0 bridgehead atoms. The molecular weight excluding hydrogens is 204 g/mol. The molecule has 2 nitrogen and oxygen atoms in total. The fraction of sp³-hybridized carbons (Fsp3) is 0.917. The Morgan fingerprint density at radius 3 is 2.60 bits per heavy atom. The third kappa shape index (κ3) is 2.77. The molecule has 0 aromatic carbocycles. The Balaban J connectivity index is 1.85. The highest BCUT2D eigenvalue weighted by Gasteiger charge is 2.30. The summed E-state index contributed by atoms with van der Waals surface area (Å²) in [5.74, 6) is 0. The minimum atomic E-state index is 0.612. The highest BCUT2D eigenvalue weighted by Crippen LogP contribution is 2.27. The molecule has 1 saturated carbocycles. The third-order valence-corrected chi connectivity index (χ3v) is 4.01. The molecule has 1 aliphatic heterocycles. The van der Waals surface area contributed by atoms with Crippen molar-refractivity contribution in [1.82, 2.24) is 10.2 Å². The van der Waals surface area contributed by atoms with Crippen LogP contribution in [0, 0.1) is 0 Å². The predicted octanol–water partition coefficient (Wildman–Crippen LogP) is 1.98. The quantitative estimate of drug-likeness (QED) is 0.738. The maximum atomic E-state index is 5.24. The normalized spacial score (nSPS) is 27.7. The lowest BCUT2D eigenvalue weighted by Gasteiger charge is -2.41. The van der Waals surface area contributed by atoms with E-state index in [9.17, 15) is 0 Å². The number of hydrogen-bond donors (Lipinski definition) is 1. The topological polar surface area (TPSA) is 15.3 Å². The second-order valence-corrected chi connectivity index (χ2v) is 5.77. The van der Waals surface area contributed by atoms with E-state index in [4.69, 9.17) is 12.2 Å². The van der Waals surface area contributed by atoms with E-state index in [1.165, 1.54) is 30.7 Å². The van der Waals surface area contributed by atoms with Crippen LogP contribution in [0.1, 0.15) is 39.5 Å². The van der Waals surface area contributed by atoms with E-state index >= 15 is 0 Å². The smallest absolute Gasteiger partial charge is 0.0273 e. The molecule has 1 aliphatic carbocycles. The van der Waals surface area contributed by atoms with Crippen LogP contribution in [-0.2, 0) is 0 Å². The third-order valence-electron chi connectivity index (χ3n) is 3.70. The first-order chi connectivity index (χ1) is 7.16. The second kappa shape index (κ2) is 4.89. The largest absolute Gasteiger partial charge is 0.308 e. The first-order valence-corrected chi connectivity index (χ1v) is 6.58. The highest BCUT2D eigenvalue weighted by atomic mass is 32.1. The van der Waals surface area contributed by atoms with Crippen molar-refractivity contribution in [3.63, 3.8) is 0 Å². The Morgan fingerprint density at radius 2 is 2.20 bits per heavy atom. The van der Waals surface area contributed by atoms with E-state index in [0.717, 1.165) is 19.0 Å². The average molecular weight is 226 g/mol. The zero-order valence-corrected chi connectivity index (χ0v) is 10.6. The summed E-state index contributed by atoms with van der Waals surface area (Å²) in [5.41, 5.74) is 0. The zero-order valence-electron chi connectivity index (χ0n) is 9.83. The summed E-state index contributed by atoms with van der Waals surface area (Å²) in [6.45, 7) is 6.76. The Bertz CT molecular complexity index is 236. The number of nitrogens with one attached hydrogen (secondary N) is 1. The van der Waals surface area contributed by atoms with Crippen molar-refractivity contribution >= 4 is 17.1 Å². The van der Waals surface area contributed by atoms with Crippen molar-refractivity contribution in [2.45, 2.75) is 57.7 Å². The standard InChI is InChI=1S/C12H22N2S/c1-9(2)14(11-4-3-5-11)8-10-6-12(15)7-13-10/h9-11,13H,3-8H2,1-2H3. The van der Waals surface area contributed by atoms with Crippen LogP contribution in [-0.4, -0.2) is 41.0 Å². The fourth-order valence-electron chi connectivity index (χ4n) is 2.56. The summed E-state index contributed by atoms with van der Waals surface area (Å²) >= 11 is 5.24.